The third-order valence-corrected chi connectivity index (χ3v) is 4.72. The highest BCUT2D eigenvalue weighted by molar-refractivity contribution is 7.89. The number of hydrogen-bond acceptors (Lipinski definition) is 4. The van der Waals surface area contributed by atoms with Crippen LogP contribution in [0.5, 0.6) is 0 Å². The average Bonchev–Trinajstić information content (AvgIpc) is 2.40. The van der Waals surface area contributed by atoms with Crippen LogP contribution in [0.25, 0.3) is 0 Å². The van der Waals surface area contributed by atoms with Crippen molar-refractivity contribution in [3.8, 4) is 0 Å². The number of hydrogen-bond donors (Lipinski definition) is 2. The average molecular weight is 318 g/mol. The predicted octanol–water partition coefficient (Wildman–Crippen LogP) is 1.49. The van der Waals surface area contributed by atoms with E-state index in [2.05, 4.69) is 10.0 Å². The van der Waals surface area contributed by atoms with Crippen LogP contribution < -0.4 is 10.0 Å². The van der Waals surface area contributed by atoms with Gasteiger partial charge in [0.1, 0.15) is 5.82 Å². The van der Waals surface area contributed by atoms with Crippen molar-refractivity contribution >= 4 is 10.0 Å². The first-order chi connectivity index (χ1) is 9.81. The van der Waals surface area contributed by atoms with Gasteiger partial charge in [0.05, 0.1) is 11.5 Å². The van der Waals surface area contributed by atoms with Gasteiger partial charge in [0.15, 0.2) is 0 Å². The van der Waals surface area contributed by atoms with Gasteiger partial charge in [-0.25, -0.2) is 17.5 Å². The summed E-state index contributed by atoms with van der Waals surface area (Å²) in [5, 5.41) is 2.88. The van der Waals surface area contributed by atoms with Crippen molar-refractivity contribution in [1.82, 2.24) is 10.0 Å². The largest absolute Gasteiger partial charge is 0.383 e. The van der Waals surface area contributed by atoms with Gasteiger partial charge in [0.2, 0.25) is 10.0 Å². The first kappa shape index (κ1) is 18.0. The fourth-order valence-corrected chi connectivity index (χ4v) is 3.54. The molecule has 0 aromatic heterocycles. The molecule has 7 heteroatoms. The third-order valence-electron chi connectivity index (χ3n) is 3.14. The van der Waals surface area contributed by atoms with Crippen molar-refractivity contribution in [1.29, 1.82) is 0 Å². The van der Waals surface area contributed by atoms with Gasteiger partial charge < -0.3 is 10.1 Å². The van der Waals surface area contributed by atoms with E-state index in [0.29, 0.717) is 12.1 Å². The van der Waals surface area contributed by atoms with Crippen LogP contribution in [0.1, 0.15) is 19.4 Å². The molecule has 0 saturated carbocycles. The molecule has 1 rings (SSSR count). The normalized spacial score (nSPS) is 13.6. The Morgan fingerprint density at radius 1 is 1.33 bits per heavy atom. The van der Waals surface area contributed by atoms with E-state index in [9.17, 15) is 12.8 Å². The molecule has 0 aliphatic carbocycles. The summed E-state index contributed by atoms with van der Waals surface area (Å²) >= 11 is 0. The lowest BCUT2D eigenvalue weighted by Crippen LogP contribution is -2.42. The molecule has 0 fully saturated rings. The third kappa shape index (κ3) is 5.03. The summed E-state index contributed by atoms with van der Waals surface area (Å²) < 4.78 is 46.1. The summed E-state index contributed by atoms with van der Waals surface area (Å²) in [6.45, 7) is 4.39. The summed E-state index contributed by atoms with van der Waals surface area (Å²) in [6.07, 6.45) is 0. The Balaban J connectivity index is 3.14. The second kappa shape index (κ2) is 7.84. The van der Waals surface area contributed by atoms with Crippen molar-refractivity contribution in [3.05, 3.63) is 29.6 Å². The summed E-state index contributed by atoms with van der Waals surface area (Å²) in [4.78, 5) is -0.0430. The minimum Gasteiger partial charge on any atom is -0.383 e. The molecule has 0 aliphatic rings. The number of ether oxygens (including phenoxy) is 1. The standard InChI is InChI=1S/C14H23FN2O3S/c1-10(2)13(9-20-4)17-21(18,19)14-7-12(15)6-5-11(14)8-16-3/h5-7,10,13,16-17H,8-9H2,1-4H3. The molecule has 0 saturated heterocycles. The zero-order valence-electron chi connectivity index (χ0n) is 12.8. The van der Waals surface area contributed by atoms with Gasteiger partial charge in [-0.05, 0) is 30.7 Å². The second-order valence-corrected chi connectivity index (χ2v) is 6.89. The number of sulfonamides is 1. The van der Waals surface area contributed by atoms with E-state index < -0.39 is 15.8 Å². The highest BCUT2D eigenvalue weighted by Crippen LogP contribution is 2.19. The maximum atomic E-state index is 13.4. The molecule has 5 nitrogen and oxygen atoms in total. The lowest BCUT2D eigenvalue weighted by molar-refractivity contribution is 0.157. The van der Waals surface area contributed by atoms with Crippen LogP contribution in [0, 0.1) is 11.7 Å². The Labute approximate surface area is 125 Å². The predicted molar refractivity (Wildman–Crippen MR) is 80.0 cm³/mol. The molecule has 1 atom stereocenters. The van der Waals surface area contributed by atoms with Crippen molar-refractivity contribution in [2.45, 2.75) is 31.3 Å². The Bertz CT molecular complexity index is 561. The number of methoxy groups -OCH3 is 1. The van der Waals surface area contributed by atoms with E-state index in [1.165, 1.54) is 19.2 Å². The second-order valence-electron chi connectivity index (χ2n) is 5.21. The van der Waals surface area contributed by atoms with Crippen molar-refractivity contribution < 1.29 is 17.5 Å². The van der Waals surface area contributed by atoms with Crippen LogP contribution in [0.2, 0.25) is 0 Å². The van der Waals surface area contributed by atoms with Gasteiger partial charge in [-0.1, -0.05) is 19.9 Å². The van der Waals surface area contributed by atoms with Gasteiger partial charge >= 0.3 is 0 Å². The van der Waals surface area contributed by atoms with Crippen molar-refractivity contribution in [3.63, 3.8) is 0 Å². The molecule has 2 N–H and O–H groups in total. The summed E-state index contributed by atoms with van der Waals surface area (Å²) in [5.74, 6) is -0.524. The maximum Gasteiger partial charge on any atom is 0.241 e. The molecule has 0 radical (unpaired) electrons. The van der Waals surface area contributed by atoms with Crippen LogP contribution in [0.15, 0.2) is 23.1 Å². The number of halogens is 1. The van der Waals surface area contributed by atoms with Crippen LogP contribution in [-0.4, -0.2) is 35.2 Å². The lowest BCUT2D eigenvalue weighted by atomic mass is 10.1. The minimum absolute atomic E-state index is 0.0430. The van der Waals surface area contributed by atoms with Gasteiger partial charge in [-0.15, -0.1) is 0 Å². The Hall–Kier alpha value is -1.02. The maximum absolute atomic E-state index is 13.4. The molecule has 1 unspecified atom stereocenters. The van der Waals surface area contributed by atoms with Gasteiger partial charge in [0, 0.05) is 19.7 Å². The zero-order chi connectivity index (χ0) is 16.0. The summed E-state index contributed by atoms with van der Waals surface area (Å²) in [7, 11) is -0.596. The van der Waals surface area contributed by atoms with Crippen LogP contribution >= 0.6 is 0 Å². The fraction of sp³-hybridized carbons (Fsp3) is 0.571. The SMILES string of the molecule is CNCc1ccc(F)cc1S(=O)(=O)NC(COC)C(C)C. The molecule has 120 valence electrons. The molecule has 0 bridgehead atoms. The first-order valence-corrected chi connectivity index (χ1v) is 8.24. The van der Waals surface area contributed by atoms with Gasteiger partial charge in [0.25, 0.3) is 0 Å². The lowest BCUT2D eigenvalue weighted by Gasteiger charge is -2.22. The first-order valence-electron chi connectivity index (χ1n) is 6.76. The fourth-order valence-electron chi connectivity index (χ4n) is 1.92. The molecule has 0 aliphatic heterocycles. The van der Waals surface area contributed by atoms with E-state index in [-0.39, 0.29) is 23.5 Å². The van der Waals surface area contributed by atoms with Crippen LogP contribution in [0.4, 0.5) is 4.39 Å². The Kier molecular flexibility index (Phi) is 6.73. The van der Waals surface area contributed by atoms with E-state index in [1.807, 2.05) is 13.8 Å². The van der Waals surface area contributed by atoms with E-state index in [4.69, 9.17) is 4.74 Å². The minimum atomic E-state index is -3.81. The zero-order valence-corrected chi connectivity index (χ0v) is 13.6. The number of nitrogens with one attached hydrogen (secondary N) is 2. The molecule has 1 aromatic rings. The smallest absolute Gasteiger partial charge is 0.241 e. The van der Waals surface area contributed by atoms with E-state index in [0.717, 1.165) is 6.07 Å². The van der Waals surface area contributed by atoms with Gasteiger partial charge in [-0.2, -0.15) is 0 Å². The molecular formula is C14H23FN2O3S. The molecule has 0 spiro atoms. The molecular weight excluding hydrogens is 295 g/mol. The quantitative estimate of drug-likeness (QED) is 0.762. The Morgan fingerprint density at radius 2 is 2.00 bits per heavy atom. The summed E-state index contributed by atoms with van der Waals surface area (Å²) in [6, 6.07) is 3.40. The number of benzene rings is 1. The topological polar surface area (TPSA) is 67.4 Å². The van der Waals surface area contributed by atoms with Crippen molar-refractivity contribution in [2.24, 2.45) is 5.92 Å². The molecule has 0 heterocycles. The highest BCUT2D eigenvalue weighted by Gasteiger charge is 2.25. The molecule has 21 heavy (non-hydrogen) atoms. The monoisotopic (exact) mass is 318 g/mol. The van der Waals surface area contributed by atoms with Crippen molar-refractivity contribution in [2.75, 3.05) is 20.8 Å². The highest BCUT2D eigenvalue weighted by atomic mass is 32.2. The van der Waals surface area contributed by atoms with Crippen LogP contribution in [-0.2, 0) is 21.3 Å². The molecule has 1 aromatic carbocycles. The summed E-state index contributed by atoms with van der Waals surface area (Å²) in [5.41, 5.74) is 0.520. The number of rotatable bonds is 8. The Morgan fingerprint density at radius 3 is 2.52 bits per heavy atom. The van der Waals surface area contributed by atoms with E-state index in [1.54, 1.807) is 7.05 Å². The van der Waals surface area contributed by atoms with Gasteiger partial charge in [-0.3, -0.25) is 0 Å². The van der Waals surface area contributed by atoms with E-state index >= 15 is 0 Å². The molecule has 0 amide bonds. The van der Waals surface area contributed by atoms with Crippen LogP contribution in [0.3, 0.4) is 0 Å².